The van der Waals surface area contributed by atoms with E-state index in [2.05, 4.69) is 0 Å². The average molecular weight is 299 g/mol. The second-order valence-electron chi connectivity index (χ2n) is 2.87. The second-order valence-corrected chi connectivity index (χ2v) is 2.87. The lowest BCUT2D eigenvalue weighted by Gasteiger charge is -2.02. The van der Waals surface area contributed by atoms with Gasteiger partial charge in [0, 0.05) is 0 Å². The number of rotatable bonds is 1. The van der Waals surface area contributed by atoms with Gasteiger partial charge in [-0.15, -0.1) is 0 Å². The summed E-state index contributed by atoms with van der Waals surface area (Å²) in [6, 6.07) is 9.30. The molecule has 1 heterocycles. The van der Waals surface area contributed by atoms with Crippen LogP contribution in [0.3, 0.4) is 0 Å². The molecule has 2 rings (SSSR count). The maximum absolute atomic E-state index is 11.7. The molecule has 0 atom stereocenters. The van der Waals surface area contributed by atoms with Gasteiger partial charge in [0.2, 0.25) is 0 Å². The monoisotopic (exact) mass is 299 g/mol. The third-order valence-corrected chi connectivity index (χ3v) is 1.96. The summed E-state index contributed by atoms with van der Waals surface area (Å²) in [6.45, 7) is 0. The van der Waals surface area contributed by atoms with Crippen LogP contribution in [0, 0.1) is 0 Å². The zero-order chi connectivity index (χ0) is 9.10. The highest BCUT2D eigenvalue weighted by atomic mass is 127. The van der Waals surface area contributed by atoms with Crippen LogP contribution in [-0.4, -0.2) is 5.91 Å². The van der Waals surface area contributed by atoms with E-state index in [-0.39, 0.29) is 29.9 Å². The predicted octanol–water partition coefficient (Wildman–Crippen LogP) is -2.24. The van der Waals surface area contributed by atoms with Crippen LogP contribution in [0.15, 0.2) is 54.9 Å². The molecule has 1 aliphatic rings. The summed E-state index contributed by atoms with van der Waals surface area (Å²) in [5.41, 5.74) is 0.744. The van der Waals surface area contributed by atoms with Crippen molar-refractivity contribution in [2.45, 2.75) is 0 Å². The van der Waals surface area contributed by atoms with Crippen LogP contribution < -0.4 is 28.9 Å². The number of carbonyl (C=O) groups excluding carboxylic acids is 1. The first-order valence-corrected chi connectivity index (χ1v) is 4.19. The minimum atomic E-state index is 0. The Kier molecular flexibility index (Phi) is 4.03. The Balaban J connectivity index is 0.000000980. The van der Waals surface area contributed by atoms with Crippen molar-refractivity contribution in [3.63, 3.8) is 0 Å². The molecule has 14 heavy (non-hydrogen) atoms. The van der Waals surface area contributed by atoms with Crippen LogP contribution in [0.1, 0.15) is 10.4 Å². The lowest BCUT2D eigenvalue weighted by molar-refractivity contribution is -0.691. The highest BCUT2D eigenvalue weighted by Crippen LogP contribution is 1.96. The van der Waals surface area contributed by atoms with Crippen LogP contribution >= 0.6 is 0 Å². The van der Waals surface area contributed by atoms with Crippen LogP contribution in [0.25, 0.3) is 0 Å². The summed E-state index contributed by atoms with van der Waals surface area (Å²) >= 11 is 0. The Labute approximate surface area is 99.9 Å². The van der Waals surface area contributed by atoms with Crippen LogP contribution in [0.4, 0.5) is 0 Å². The summed E-state index contributed by atoms with van der Waals surface area (Å²) in [5.74, 6) is 0.0885. The molecule has 0 radical (unpaired) electrons. The molecule has 0 spiro atoms. The number of amides is 1. The molecule has 0 unspecified atom stereocenters. The number of quaternary nitrogens is 1. The van der Waals surface area contributed by atoms with E-state index in [4.69, 9.17) is 0 Å². The number of halogens is 1. The molecule has 72 valence electrons. The smallest absolute Gasteiger partial charge is 0.353 e. The number of hydrogen-bond donors (Lipinski definition) is 1. The van der Waals surface area contributed by atoms with Gasteiger partial charge in [-0.1, -0.05) is 18.2 Å². The van der Waals surface area contributed by atoms with Gasteiger partial charge in [0.25, 0.3) is 0 Å². The van der Waals surface area contributed by atoms with Crippen molar-refractivity contribution >= 4 is 5.91 Å². The molecular formula is C11H10INO. The molecule has 1 amide bonds. The molecule has 0 bridgehead atoms. The van der Waals surface area contributed by atoms with Crippen molar-refractivity contribution in [3.8, 4) is 0 Å². The van der Waals surface area contributed by atoms with Crippen LogP contribution in [-0.2, 0) is 0 Å². The molecule has 3 heteroatoms. The molecule has 0 aromatic heterocycles. The Morgan fingerprint density at radius 3 is 2.14 bits per heavy atom. The molecule has 1 aromatic carbocycles. The fourth-order valence-electron chi connectivity index (χ4n) is 1.28. The Morgan fingerprint density at radius 2 is 1.57 bits per heavy atom. The number of carbonyl (C=O) groups is 1. The summed E-state index contributed by atoms with van der Waals surface area (Å²) in [7, 11) is 0. The highest BCUT2D eigenvalue weighted by Gasteiger charge is 2.17. The number of benzene rings is 1. The van der Waals surface area contributed by atoms with E-state index < -0.39 is 0 Å². The molecule has 2 nitrogen and oxygen atoms in total. The van der Waals surface area contributed by atoms with Crippen LogP contribution in [0.5, 0.6) is 0 Å². The average Bonchev–Trinajstić information content (AvgIpc) is 2.71. The zero-order valence-corrected chi connectivity index (χ0v) is 9.64. The Bertz CT molecular complexity index is 358. The predicted molar refractivity (Wildman–Crippen MR) is 50.0 cm³/mol. The molecule has 0 saturated heterocycles. The van der Waals surface area contributed by atoms with Crippen molar-refractivity contribution in [1.82, 2.24) is 0 Å². The number of hydrogen-bond acceptors (Lipinski definition) is 1. The third kappa shape index (κ3) is 2.30. The van der Waals surface area contributed by atoms with Gasteiger partial charge in [0.1, 0.15) is 12.4 Å². The van der Waals surface area contributed by atoms with Gasteiger partial charge >= 0.3 is 5.91 Å². The van der Waals surface area contributed by atoms with E-state index in [0.717, 1.165) is 10.5 Å². The van der Waals surface area contributed by atoms with Gasteiger partial charge in [0.15, 0.2) is 0 Å². The van der Waals surface area contributed by atoms with E-state index >= 15 is 0 Å². The first-order valence-electron chi connectivity index (χ1n) is 4.19. The first-order chi connectivity index (χ1) is 6.38. The molecular weight excluding hydrogens is 289 g/mol. The van der Waals surface area contributed by atoms with E-state index in [0.29, 0.717) is 0 Å². The highest BCUT2D eigenvalue weighted by molar-refractivity contribution is 5.87. The van der Waals surface area contributed by atoms with Gasteiger partial charge < -0.3 is 24.0 Å². The Hall–Kier alpha value is -0.940. The normalized spacial score (nSPS) is 14.0. The van der Waals surface area contributed by atoms with Gasteiger partial charge in [-0.05, 0) is 24.3 Å². The largest absolute Gasteiger partial charge is 1.00 e. The molecule has 0 aliphatic carbocycles. The minimum absolute atomic E-state index is 0. The van der Waals surface area contributed by atoms with Crippen molar-refractivity contribution in [2.24, 2.45) is 0 Å². The summed E-state index contributed by atoms with van der Waals surface area (Å²) in [6.07, 6.45) is 7.40. The quantitative estimate of drug-likeness (QED) is 0.582. The molecule has 1 aromatic rings. The Morgan fingerprint density at radius 1 is 1.00 bits per heavy atom. The van der Waals surface area contributed by atoms with E-state index in [1.165, 1.54) is 0 Å². The zero-order valence-electron chi connectivity index (χ0n) is 7.48. The summed E-state index contributed by atoms with van der Waals surface area (Å²) in [4.78, 5) is 12.5. The van der Waals surface area contributed by atoms with E-state index in [1.807, 2.05) is 54.9 Å². The maximum atomic E-state index is 11.7. The van der Waals surface area contributed by atoms with Crippen molar-refractivity contribution in [2.75, 3.05) is 0 Å². The van der Waals surface area contributed by atoms with E-state index in [9.17, 15) is 4.79 Å². The van der Waals surface area contributed by atoms with Crippen molar-refractivity contribution in [3.05, 3.63) is 60.4 Å². The van der Waals surface area contributed by atoms with Gasteiger partial charge in [0.05, 0.1) is 5.56 Å². The number of allylic oxidation sites excluding steroid dienone is 2. The van der Waals surface area contributed by atoms with Crippen molar-refractivity contribution in [1.29, 1.82) is 0 Å². The van der Waals surface area contributed by atoms with Gasteiger partial charge in [-0.25, -0.2) is 9.69 Å². The minimum Gasteiger partial charge on any atom is -1.00 e. The molecule has 0 saturated carbocycles. The molecule has 1 aliphatic heterocycles. The summed E-state index contributed by atoms with van der Waals surface area (Å²) in [5, 5.41) is 0. The van der Waals surface area contributed by atoms with Gasteiger partial charge in [-0.3, -0.25) is 0 Å². The van der Waals surface area contributed by atoms with E-state index in [1.54, 1.807) is 0 Å². The standard InChI is InChI=1S/C11H9NO.HI/c13-11(12-8-4-5-9-12)10-6-2-1-3-7-10;/h1-9H;1H. The third-order valence-electron chi connectivity index (χ3n) is 1.96. The fraction of sp³-hybridized carbons (Fsp3) is 0. The lowest BCUT2D eigenvalue weighted by Crippen LogP contribution is -3.04. The van der Waals surface area contributed by atoms with Gasteiger partial charge in [-0.2, -0.15) is 0 Å². The SMILES string of the molecule is O=C(c1ccccc1)[NH+]1C=CC=C1.[I-]. The van der Waals surface area contributed by atoms with Crippen LogP contribution in [0.2, 0.25) is 0 Å². The second kappa shape index (κ2) is 5.07. The summed E-state index contributed by atoms with van der Waals surface area (Å²) < 4.78 is 0. The first kappa shape index (κ1) is 11.1. The van der Waals surface area contributed by atoms with Crippen molar-refractivity contribution < 1.29 is 33.7 Å². The maximum Gasteiger partial charge on any atom is 0.353 e. The topological polar surface area (TPSA) is 21.5 Å². The molecule has 1 N–H and O–H groups in total. The fourth-order valence-corrected chi connectivity index (χ4v) is 1.28. The molecule has 0 fully saturated rings. The number of nitrogens with one attached hydrogen (secondary N) is 1. The lowest BCUT2D eigenvalue weighted by atomic mass is 10.2.